The molecule has 0 aliphatic carbocycles. The van der Waals surface area contributed by atoms with E-state index in [1.165, 1.54) is 36.0 Å². The molecule has 0 bridgehead atoms. The largest absolute Gasteiger partial charge is 0.478 e. The second kappa shape index (κ2) is 5.58. The molecule has 0 aromatic heterocycles. The van der Waals surface area contributed by atoms with E-state index in [-0.39, 0.29) is 5.56 Å². The predicted molar refractivity (Wildman–Crippen MR) is 69.0 cm³/mol. The quantitative estimate of drug-likeness (QED) is 0.903. The zero-order chi connectivity index (χ0) is 14.8. The van der Waals surface area contributed by atoms with Gasteiger partial charge in [0.1, 0.15) is 0 Å². The summed E-state index contributed by atoms with van der Waals surface area (Å²) in [7, 11) is 0. The van der Waals surface area contributed by atoms with Crippen molar-refractivity contribution in [1.29, 1.82) is 0 Å². The molecule has 20 heavy (non-hydrogen) atoms. The Labute approximate surface area is 117 Å². The molecule has 0 radical (unpaired) electrons. The van der Waals surface area contributed by atoms with Gasteiger partial charge in [-0.1, -0.05) is 11.8 Å². The van der Waals surface area contributed by atoms with Crippen LogP contribution in [0.25, 0.3) is 0 Å². The lowest BCUT2D eigenvalue weighted by Gasteiger charge is -2.07. The Morgan fingerprint density at radius 2 is 1.35 bits per heavy atom. The molecule has 2 aromatic carbocycles. The minimum Gasteiger partial charge on any atom is -0.478 e. The lowest BCUT2D eigenvalue weighted by atomic mass is 10.2. The Kier molecular flexibility index (Phi) is 4.04. The molecule has 0 spiro atoms. The highest BCUT2D eigenvalue weighted by Crippen LogP contribution is 2.33. The van der Waals surface area contributed by atoms with E-state index in [2.05, 4.69) is 0 Å². The van der Waals surface area contributed by atoms with E-state index < -0.39 is 17.7 Å². The third-order valence-electron chi connectivity index (χ3n) is 2.52. The van der Waals surface area contributed by atoms with Crippen LogP contribution in [0.4, 0.5) is 13.2 Å². The number of hydrogen-bond donors (Lipinski definition) is 1. The molecule has 0 saturated carbocycles. The van der Waals surface area contributed by atoms with E-state index in [9.17, 15) is 18.0 Å². The highest BCUT2D eigenvalue weighted by atomic mass is 32.2. The van der Waals surface area contributed by atoms with Crippen molar-refractivity contribution in [2.45, 2.75) is 16.0 Å². The van der Waals surface area contributed by atoms with Gasteiger partial charge in [-0.15, -0.1) is 0 Å². The number of carboxylic acids is 1. The van der Waals surface area contributed by atoms with Crippen molar-refractivity contribution in [3.05, 3.63) is 59.7 Å². The van der Waals surface area contributed by atoms with Crippen LogP contribution in [0.1, 0.15) is 15.9 Å². The molecule has 2 aromatic rings. The molecule has 1 N–H and O–H groups in total. The van der Waals surface area contributed by atoms with Crippen LogP contribution in [-0.4, -0.2) is 11.1 Å². The molecule has 6 heteroatoms. The molecule has 0 aliphatic heterocycles. The number of benzene rings is 2. The van der Waals surface area contributed by atoms with Crippen LogP contribution in [0.15, 0.2) is 58.3 Å². The van der Waals surface area contributed by atoms with Gasteiger partial charge < -0.3 is 5.11 Å². The van der Waals surface area contributed by atoms with Crippen LogP contribution >= 0.6 is 11.8 Å². The summed E-state index contributed by atoms with van der Waals surface area (Å²) in [6, 6.07) is 11.0. The van der Waals surface area contributed by atoms with E-state index in [1.54, 1.807) is 12.1 Å². The molecule has 2 rings (SSSR count). The smallest absolute Gasteiger partial charge is 0.416 e. The first kappa shape index (κ1) is 14.5. The van der Waals surface area contributed by atoms with Gasteiger partial charge in [-0.3, -0.25) is 0 Å². The SMILES string of the molecule is O=C(O)c1ccc(Sc2ccc(C(F)(F)F)cc2)cc1. The Balaban J connectivity index is 2.12. The van der Waals surface area contributed by atoms with Gasteiger partial charge in [-0.25, -0.2) is 4.79 Å². The van der Waals surface area contributed by atoms with Crippen molar-refractivity contribution in [3.63, 3.8) is 0 Å². The van der Waals surface area contributed by atoms with Gasteiger partial charge in [0.15, 0.2) is 0 Å². The highest BCUT2D eigenvalue weighted by molar-refractivity contribution is 7.99. The standard InChI is InChI=1S/C14H9F3O2S/c15-14(16,17)10-3-7-12(8-4-10)20-11-5-1-9(2-6-11)13(18)19/h1-8H,(H,18,19). The van der Waals surface area contributed by atoms with Gasteiger partial charge in [0.05, 0.1) is 11.1 Å². The number of carboxylic acid groups (broad SMARTS) is 1. The zero-order valence-electron chi connectivity index (χ0n) is 10.0. The fourth-order valence-electron chi connectivity index (χ4n) is 1.51. The topological polar surface area (TPSA) is 37.3 Å². The molecular weight excluding hydrogens is 289 g/mol. The second-order valence-corrected chi connectivity index (χ2v) is 5.10. The first-order valence-corrected chi connectivity index (χ1v) is 6.36. The first-order valence-electron chi connectivity index (χ1n) is 5.55. The predicted octanol–water partition coefficient (Wildman–Crippen LogP) is 4.55. The van der Waals surface area contributed by atoms with Gasteiger partial charge in [0.2, 0.25) is 0 Å². The molecule has 104 valence electrons. The van der Waals surface area contributed by atoms with Crippen molar-refractivity contribution >= 4 is 17.7 Å². The van der Waals surface area contributed by atoms with Crippen molar-refractivity contribution in [2.75, 3.05) is 0 Å². The summed E-state index contributed by atoms with van der Waals surface area (Å²) in [5.41, 5.74) is -0.523. The average Bonchev–Trinajstić information content (AvgIpc) is 2.39. The number of aromatic carboxylic acids is 1. The summed E-state index contributed by atoms with van der Waals surface area (Å²) in [4.78, 5) is 12.1. The number of halogens is 3. The lowest BCUT2D eigenvalue weighted by molar-refractivity contribution is -0.137. The highest BCUT2D eigenvalue weighted by Gasteiger charge is 2.29. The molecule has 0 fully saturated rings. The summed E-state index contributed by atoms with van der Waals surface area (Å²) < 4.78 is 37.2. The van der Waals surface area contributed by atoms with E-state index in [1.807, 2.05) is 0 Å². The number of hydrogen-bond acceptors (Lipinski definition) is 2. The van der Waals surface area contributed by atoms with Crippen molar-refractivity contribution < 1.29 is 23.1 Å². The van der Waals surface area contributed by atoms with E-state index >= 15 is 0 Å². The van der Waals surface area contributed by atoms with Crippen LogP contribution in [-0.2, 0) is 6.18 Å². The maximum absolute atomic E-state index is 12.4. The second-order valence-electron chi connectivity index (χ2n) is 3.95. The van der Waals surface area contributed by atoms with Gasteiger partial charge in [0.25, 0.3) is 0 Å². The third kappa shape index (κ3) is 3.54. The lowest BCUT2D eigenvalue weighted by Crippen LogP contribution is -2.03. The van der Waals surface area contributed by atoms with Gasteiger partial charge in [-0.2, -0.15) is 13.2 Å². The minimum atomic E-state index is -4.34. The summed E-state index contributed by atoms with van der Waals surface area (Å²) >= 11 is 1.27. The summed E-state index contributed by atoms with van der Waals surface area (Å²) in [6.07, 6.45) is -4.34. The maximum atomic E-state index is 12.4. The molecule has 0 heterocycles. The summed E-state index contributed by atoms with van der Waals surface area (Å²) in [5.74, 6) is -1.02. The zero-order valence-corrected chi connectivity index (χ0v) is 10.8. The number of rotatable bonds is 3. The Bertz CT molecular complexity index is 604. The first-order chi connectivity index (χ1) is 9.36. The fraction of sp³-hybridized carbons (Fsp3) is 0.0714. The molecule has 0 saturated heterocycles. The van der Waals surface area contributed by atoms with Crippen LogP contribution in [0.5, 0.6) is 0 Å². The maximum Gasteiger partial charge on any atom is 0.416 e. The molecular formula is C14H9F3O2S. The summed E-state index contributed by atoms with van der Waals surface area (Å²) in [6.45, 7) is 0. The third-order valence-corrected chi connectivity index (χ3v) is 3.53. The number of carbonyl (C=O) groups is 1. The van der Waals surface area contributed by atoms with Crippen molar-refractivity contribution in [3.8, 4) is 0 Å². The monoisotopic (exact) mass is 298 g/mol. The molecule has 0 amide bonds. The Hall–Kier alpha value is -1.95. The summed E-state index contributed by atoms with van der Waals surface area (Å²) in [5, 5.41) is 8.76. The van der Waals surface area contributed by atoms with Crippen molar-refractivity contribution in [2.24, 2.45) is 0 Å². The van der Waals surface area contributed by atoms with Gasteiger partial charge in [0, 0.05) is 9.79 Å². The van der Waals surface area contributed by atoms with Crippen LogP contribution in [0.3, 0.4) is 0 Å². The van der Waals surface area contributed by atoms with Crippen LogP contribution in [0.2, 0.25) is 0 Å². The van der Waals surface area contributed by atoms with E-state index in [0.717, 1.165) is 17.0 Å². The minimum absolute atomic E-state index is 0.168. The van der Waals surface area contributed by atoms with E-state index in [4.69, 9.17) is 5.11 Å². The molecule has 0 aliphatic rings. The van der Waals surface area contributed by atoms with Gasteiger partial charge >= 0.3 is 12.1 Å². The normalized spacial score (nSPS) is 11.3. The number of alkyl halides is 3. The van der Waals surface area contributed by atoms with E-state index in [0.29, 0.717) is 4.90 Å². The fourth-order valence-corrected chi connectivity index (χ4v) is 2.33. The Morgan fingerprint density at radius 1 is 0.900 bits per heavy atom. The average molecular weight is 298 g/mol. The van der Waals surface area contributed by atoms with Crippen LogP contribution < -0.4 is 0 Å². The molecule has 0 unspecified atom stereocenters. The molecule has 2 nitrogen and oxygen atoms in total. The van der Waals surface area contributed by atoms with Crippen LogP contribution in [0, 0.1) is 0 Å². The van der Waals surface area contributed by atoms with Crippen molar-refractivity contribution in [1.82, 2.24) is 0 Å². The molecule has 0 atom stereocenters. The Morgan fingerprint density at radius 3 is 1.75 bits per heavy atom. The van der Waals surface area contributed by atoms with Gasteiger partial charge in [-0.05, 0) is 48.5 Å².